The van der Waals surface area contributed by atoms with Gasteiger partial charge in [0.15, 0.2) is 17.6 Å². The average Bonchev–Trinajstić information content (AvgIpc) is 3.27. The van der Waals surface area contributed by atoms with Crippen molar-refractivity contribution in [2.24, 2.45) is 0 Å². The third kappa shape index (κ3) is 7.59. The SMILES string of the molecule is COc1cc(C[C@@H](OC(=O)N2CCC(N3CCc4ccccc4NC3=O)CC2)C(=O)N2CCN(C3CCNCC3)CC2)cc(C)c1O. The highest BCUT2D eigenvalue weighted by atomic mass is 16.6. The zero-order chi connectivity index (χ0) is 32.9. The second-order valence-electron chi connectivity index (χ2n) is 13.1. The number of likely N-dealkylation sites (tertiary alicyclic amines) is 1. The molecule has 0 unspecified atom stereocenters. The van der Waals surface area contributed by atoms with Gasteiger partial charge < -0.3 is 39.9 Å². The highest BCUT2D eigenvalue weighted by Crippen LogP contribution is 2.32. The van der Waals surface area contributed by atoms with E-state index in [0.29, 0.717) is 62.9 Å². The van der Waals surface area contributed by atoms with Gasteiger partial charge in [0.2, 0.25) is 0 Å². The summed E-state index contributed by atoms with van der Waals surface area (Å²) in [5.41, 5.74) is 3.33. The second-order valence-corrected chi connectivity index (χ2v) is 13.1. The molecule has 3 saturated heterocycles. The third-order valence-corrected chi connectivity index (χ3v) is 10.2. The van der Waals surface area contributed by atoms with Gasteiger partial charge in [0, 0.05) is 70.0 Å². The first kappa shape index (κ1) is 32.9. The summed E-state index contributed by atoms with van der Waals surface area (Å²) in [6.07, 6.45) is 2.89. The van der Waals surface area contributed by atoms with Crippen LogP contribution < -0.4 is 15.4 Å². The molecule has 0 aromatic heterocycles. The van der Waals surface area contributed by atoms with Gasteiger partial charge in [0.1, 0.15) is 0 Å². The summed E-state index contributed by atoms with van der Waals surface area (Å²) < 4.78 is 11.4. The van der Waals surface area contributed by atoms with Crippen LogP contribution in [0, 0.1) is 6.92 Å². The Labute approximate surface area is 277 Å². The largest absolute Gasteiger partial charge is 0.504 e. The van der Waals surface area contributed by atoms with Crippen LogP contribution >= 0.6 is 0 Å². The van der Waals surface area contributed by atoms with Gasteiger partial charge in [-0.1, -0.05) is 24.3 Å². The molecule has 47 heavy (non-hydrogen) atoms. The number of nitrogens with zero attached hydrogens (tertiary/aromatic N) is 4. The number of carbonyl (C=O) groups excluding carboxylic acids is 3. The molecular weight excluding hydrogens is 600 g/mol. The van der Waals surface area contributed by atoms with E-state index < -0.39 is 12.2 Å². The van der Waals surface area contributed by atoms with Crippen LogP contribution in [-0.2, 0) is 22.4 Å². The lowest BCUT2D eigenvalue weighted by molar-refractivity contribution is -0.143. The number of benzene rings is 2. The van der Waals surface area contributed by atoms with E-state index in [2.05, 4.69) is 15.5 Å². The zero-order valence-corrected chi connectivity index (χ0v) is 27.6. The number of amides is 4. The highest BCUT2D eigenvalue weighted by Gasteiger charge is 2.36. The zero-order valence-electron chi connectivity index (χ0n) is 27.6. The van der Waals surface area contributed by atoms with E-state index in [0.717, 1.165) is 62.3 Å². The Hall–Kier alpha value is -4.03. The van der Waals surface area contributed by atoms with Crippen LogP contribution in [0.3, 0.4) is 0 Å². The maximum absolute atomic E-state index is 14.0. The standard InChI is InChI=1S/C35H48N6O6/c1-24-21-25(22-30(46-2)32(24)42)23-31(33(43)39-19-17-38(18-20-39)27-7-12-36-13-8-27)47-35(45)40-14-10-28(11-15-40)41-16-9-26-5-3-4-6-29(26)37-34(41)44/h3-6,21-22,27-28,31,36,42H,7-20,23H2,1-2H3,(H,37,44)/t31-/m1/s1. The lowest BCUT2D eigenvalue weighted by atomic mass is 10.0. The van der Waals surface area contributed by atoms with Crippen molar-refractivity contribution in [2.75, 3.05) is 71.3 Å². The molecule has 3 N–H and O–H groups in total. The van der Waals surface area contributed by atoms with Crippen LogP contribution in [0.5, 0.6) is 11.5 Å². The molecule has 3 fully saturated rings. The molecule has 0 radical (unpaired) electrons. The van der Waals surface area contributed by atoms with Gasteiger partial charge in [0.25, 0.3) is 5.91 Å². The Morgan fingerprint density at radius 3 is 2.38 bits per heavy atom. The number of para-hydroxylation sites is 1. The van der Waals surface area contributed by atoms with Crippen molar-refractivity contribution in [2.45, 2.75) is 63.6 Å². The summed E-state index contributed by atoms with van der Waals surface area (Å²) in [4.78, 5) is 48.5. The Balaban J connectivity index is 1.10. The van der Waals surface area contributed by atoms with Crippen molar-refractivity contribution in [3.8, 4) is 11.5 Å². The number of hydrogen-bond donors (Lipinski definition) is 3. The number of phenols is 1. The molecule has 4 heterocycles. The lowest BCUT2D eigenvalue weighted by Crippen LogP contribution is -2.56. The average molecular weight is 649 g/mol. The summed E-state index contributed by atoms with van der Waals surface area (Å²) in [5, 5.41) is 16.8. The molecule has 254 valence electrons. The minimum Gasteiger partial charge on any atom is -0.504 e. The minimum absolute atomic E-state index is 0.00877. The smallest absolute Gasteiger partial charge is 0.410 e. The number of nitrogens with one attached hydrogen (secondary N) is 2. The number of piperidine rings is 2. The van der Waals surface area contributed by atoms with E-state index in [1.54, 1.807) is 24.0 Å². The fraction of sp³-hybridized carbons (Fsp3) is 0.571. The van der Waals surface area contributed by atoms with Gasteiger partial charge >= 0.3 is 12.1 Å². The third-order valence-electron chi connectivity index (χ3n) is 10.2. The Kier molecular flexibility index (Phi) is 10.4. The van der Waals surface area contributed by atoms with Gasteiger partial charge in [-0.25, -0.2) is 9.59 Å². The van der Waals surface area contributed by atoms with Crippen LogP contribution in [0.25, 0.3) is 0 Å². The Morgan fingerprint density at radius 1 is 0.936 bits per heavy atom. The normalized spacial score (nSPS) is 20.6. The molecule has 4 aliphatic heterocycles. The number of anilines is 1. The molecular formula is C35H48N6O6. The monoisotopic (exact) mass is 648 g/mol. The van der Waals surface area contributed by atoms with Crippen LogP contribution in [0.15, 0.2) is 36.4 Å². The summed E-state index contributed by atoms with van der Waals surface area (Å²) in [7, 11) is 1.49. The molecule has 12 heteroatoms. The molecule has 4 amide bonds. The van der Waals surface area contributed by atoms with E-state index in [1.165, 1.54) is 7.11 Å². The Morgan fingerprint density at radius 2 is 1.66 bits per heavy atom. The van der Waals surface area contributed by atoms with Crippen molar-refractivity contribution in [1.29, 1.82) is 0 Å². The summed E-state index contributed by atoms with van der Waals surface area (Å²) in [6.45, 7) is 8.07. The number of methoxy groups -OCH3 is 1. The van der Waals surface area contributed by atoms with E-state index in [1.807, 2.05) is 34.1 Å². The van der Waals surface area contributed by atoms with Crippen LogP contribution in [0.4, 0.5) is 15.3 Å². The maximum atomic E-state index is 14.0. The van der Waals surface area contributed by atoms with Crippen molar-refractivity contribution in [3.05, 3.63) is 53.1 Å². The molecule has 6 rings (SSSR count). The van der Waals surface area contributed by atoms with Crippen molar-refractivity contribution in [3.63, 3.8) is 0 Å². The predicted octanol–water partition coefficient (Wildman–Crippen LogP) is 3.21. The molecule has 2 aromatic rings. The molecule has 4 aliphatic rings. The topological polar surface area (TPSA) is 127 Å². The number of aryl methyl sites for hydroxylation is 1. The van der Waals surface area contributed by atoms with Crippen LogP contribution in [-0.4, -0.2) is 127 Å². The van der Waals surface area contributed by atoms with Crippen molar-refractivity contribution >= 4 is 23.7 Å². The van der Waals surface area contributed by atoms with Crippen molar-refractivity contribution < 1.29 is 29.0 Å². The first-order valence-corrected chi connectivity index (χ1v) is 17.0. The quantitative estimate of drug-likeness (QED) is 0.418. The van der Waals surface area contributed by atoms with Crippen molar-refractivity contribution in [1.82, 2.24) is 24.9 Å². The number of aromatic hydroxyl groups is 1. The lowest BCUT2D eigenvalue weighted by Gasteiger charge is -2.41. The fourth-order valence-corrected chi connectivity index (χ4v) is 7.46. The molecule has 2 aromatic carbocycles. The number of hydrogen-bond acceptors (Lipinski definition) is 8. The Bertz CT molecular complexity index is 1430. The number of ether oxygens (including phenoxy) is 2. The van der Waals surface area contributed by atoms with Crippen LogP contribution in [0.2, 0.25) is 0 Å². The summed E-state index contributed by atoms with van der Waals surface area (Å²) >= 11 is 0. The minimum atomic E-state index is -1.02. The number of fused-ring (bicyclic) bond motifs is 1. The van der Waals surface area contributed by atoms with E-state index >= 15 is 0 Å². The fourth-order valence-electron chi connectivity index (χ4n) is 7.46. The number of rotatable bonds is 7. The first-order valence-electron chi connectivity index (χ1n) is 17.0. The maximum Gasteiger partial charge on any atom is 0.410 e. The predicted molar refractivity (Wildman–Crippen MR) is 178 cm³/mol. The van der Waals surface area contributed by atoms with E-state index in [4.69, 9.17) is 9.47 Å². The molecule has 0 spiro atoms. The van der Waals surface area contributed by atoms with Crippen LogP contribution in [0.1, 0.15) is 42.4 Å². The van der Waals surface area contributed by atoms with E-state index in [-0.39, 0.29) is 30.2 Å². The van der Waals surface area contributed by atoms with Gasteiger partial charge in [0.05, 0.1) is 7.11 Å². The number of piperazine rings is 1. The number of phenolic OH excluding ortho intramolecular Hbond substituents is 1. The molecule has 0 aliphatic carbocycles. The second kappa shape index (κ2) is 14.8. The van der Waals surface area contributed by atoms with Gasteiger partial charge in [-0.15, -0.1) is 0 Å². The molecule has 0 saturated carbocycles. The van der Waals surface area contributed by atoms with E-state index in [9.17, 15) is 19.5 Å². The number of urea groups is 1. The molecule has 0 bridgehead atoms. The summed E-state index contributed by atoms with van der Waals surface area (Å²) in [6, 6.07) is 11.8. The van der Waals surface area contributed by atoms with Gasteiger partial charge in [-0.05, 0) is 80.9 Å². The molecule has 1 atom stereocenters. The number of carbonyl (C=O) groups is 3. The first-order chi connectivity index (χ1) is 22.8. The van der Waals surface area contributed by atoms with Gasteiger partial charge in [-0.3, -0.25) is 9.69 Å². The summed E-state index contributed by atoms with van der Waals surface area (Å²) in [5.74, 6) is 0.162. The van der Waals surface area contributed by atoms with Gasteiger partial charge in [-0.2, -0.15) is 0 Å². The molecule has 12 nitrogen and oxygen atoms in total. The highest BCUT2D eigenvalue weighted by molar-refractivity contribution is 5.91.